The molecule has 1 aliphatic heterocycles. The Morgan fingerprint density at radius 2 is 2.44 bits per heavy atom. The van der Waals surface area contributed by atoms with Gasteiger partial charge < -0.3 is 10.6 Å². The van der Waals surface area contributed by atoms with Gasteiger partial charge in [0.2, 0.25) is 0 Å². The molecule has 0 aromatic carbocycles. The van der Waals surface area contributed by atoms with Gasteiger partial charge in [-0.25, -0.2) is 0 Å². The average Bonchev–Trinajstić information content (AvgIpc) is 2.76. The zero-order chi connectivity index (χ0) is 12.3. The lowest BCUT2D eigenvalue weighted by atomic mass is 9.94. The number of piperidine rings is 1. The summed E-state index contributed by atoms with van der Waals surface area (Å²) in [5, 5.41) is 6.83. The van der Waals surface area contributed by atoms with Gasteiger partial charge in [0.05, 0.1) is 0 Å². The third kappa shape index (κ3) is 3.46. The number of rotatable bonds is 3. The van der Waals surface area contributed by atoms with Gasteiger partial charge in [-0.3, -0.25) is 9.89 Å². The number of halogens is 1. The van der Waals surface area contributed by atoms with Crippen molar-refractivity contribution in [3.05, 3.63) is 17.5 Å². The molecule has 2 rings (SSSR count). The van der Waals surface area contributed by atoms with Crippen molar-refractivity contribution in [3.8, 4) is 0 Å². The first kappa shape index (κ1) is 15.0. The van der Waals surface area contributed by atoms with E-state index in [1.54, 1.807) is 6.07 Å². The lowest BCUT2D eigenvalue weighted by Gasteiger charge is -2.32. The number of likely N-dealkylation sites (tertiary alicyclic amines) is 1. The van der Waals surface area contributed by atoms with Crippen LogP contribution in [-0.2, 0) is 0 Å². The molecule has 1 fully saturated rings. The molecule has 0 bridgehead atoms. The van der Waals surface area contributed by atoms with Crippen LogP contribution in [0.3, 0.4) is 0 Å². The Hall–Kier alpha value is -1.07. The van der Waals surface area contributed by atoms with Gasteiger partial charge >= 0.3 is 0 Å². The van der Waals surface area contributed by atoms with Gasteiger partial charge in [0.25, 0.3) is 5.91 Å². The van der Waals surface area contributed by atoms with Crippen LogP contribution < -0.4 is 5.73 Å². The molecule has 1 aromatic rings. The Balaban J connectivity index is 0.00000162. The Bertz CT molecular complexity index is 391. The highest BCUT2D eigenvalue weighted by Gasteiger charge is 2.25. The fourth-order valence-corrected chi connectivity index (χ4v) is 2.41. The van der Waals surface area contributed by atoms with Crippen LogP contribution in [-0.4, -0.2) is 40.6 Å². The van der Waals surface area contributed by atoms with Crippen LogP contribution in [0, 0.1) is 12.8 Å². The van der Waals surface area contributed by atoms with Gasteiger partial charge in [0, 0.05) is 18.8 Å². The summed E-state index contributed by atoms with van der Waals surface area (Å²) in [4.78, 5) is 14.1. The molecular weight excluding hydrogens is 252 g/mol. The van der Waals surface area contributed by atoms with Crippen molar-refractivity contribution in [2.75, 3.05) is 19.6 Å². The number of nitrogens with two attached hydrogens (primary N) is 1. The smallest absolute Gasteiger partial charge is 0.274 e. The number of aryl methyl sites for hydroxylation is 1. The van der Waals surface area contributed by atoms with E-state index in [-0.39, 0.29) is 18.3 Å². The number of carbonyl (C=O) groups excluding carboxylic acids is 1. The van der Waals surface area contributed by atoms with Crippen LogP contribution in [0.15, 0.2) is 6.07 Å². The van der Waals surface area contributed by atoms with E-state index in [1.165, 1.54) is 6.42 Å². The van der Waals surface area contributed by atoms with Crippen LogP contribution in [0.25, 0.3) is 0 Å². The van der Waals surface area contributed by atoms with Crippen LogP contribution >= 0.6 is 12.4 Å². The molecule has 1 amide bonds. The van der Waals surface area contributed by atoms with Crippen molar-refractivity contribution in [3.63, 3.8) is 0 Å². The molecule has 0 aliphatic carbocycles. The molecule has 1 saturated heterocycles. The highest BCUT2D eigenvalue weighted by Crippen LogP contribution is 2.20. The Labute approximate surface area is 114 Å². The Morgan fingerprint density at radius 3 is 3.06 bits per heavy atom. The van der Waals surface area contributed by atoms with E-state index in [9.17, 15) is 4.79 Å². The van der Waals surface area contributed by atoms with Crippen molar-refractivity contribution in [2.24, 2.45) is 11.7 Å². The number of aromatic nitrogens is 2. The van der Waals surface area contributed by atoms with E-state index in [4.69, 9.17) is 5.73 Å². The highest BCUT2D eigenvalue weighted by atomic mass is 35.5. The summed E-state index contributed by atoms with van der Waals surface area (Å²) in [6, 6.07) is 1.80. The summed E-state index contributed by atoms with van der Waals surface area (Å²) < 4.78 is 0. The first-order valence-electron chi connectivity index (χ1n) is 6.22. The monoisotopic (exact) mass is 272 g/mol. The SMILES string of the molecule is Cc1cc(C(=O)N2CCCC(CCN)C2)n[nH]1.Cl. The van der Waals surface area contributed by atoms with Gasteiger partial charge in [-0.15, -0.1) is 12.4 Å². The van der Waals surface area contributed by atoms with Crippen LogP contribution in [0.4, 0.5) is 0 Å². The highest BCUT2D eigenvalue weighted by molar-refractivity contribution is 5.92. The number of carbonyl (C=O) groups is 1. The van der Waals surface area contributed by atoms with Gasteiger partial charge in [-0.2, -0.15) is 5.10 Å². The predicted molar refractivity (Wildman–Crippen MR) is 72.9 cm³/mol. The van der Waals surface area contributed by atoms with E-state index in [0.29, 0.717) is 18.2 Å². The Morgan fingerprint density at radius 1 is 1.67 bits per heavy atom. The second kappa shape index (κ2) is 6.75. The molecule has 6 heteroatoms. The average molecular weight is 273 g/mol. The molecule has 0 saturated carbocycles. The van der Waals surface area contributed by atoms with Crippen molar-refractivity contribution in [1.82, 2.24) is 15.1 Å². The standard InChI is InChI=1S/C12H20N4O.ClH/c1-9-7-11(15-14-9)12(17)16-6-2-3-10(8-16)4-5-13;/h7,10H,2-6,8,13H2,1H3,(H,14,15);1H. The minimum absolute atomic E-state index is 0. The lowest BCUT2D eigenvalue weighted by Crippen LogP contribution is -2.40. The summed E-state index contributed by atoms with van der Waals surface area (Å²) in [6.45, 7) is 4.26. The first-order valence-corrected chi connectivity index (χ1v) is 6.22. The Kier molecular flexibility index (Phi) is 5.62. The third-order valence-electron chi connectivity index (χ3n) is 3.31. The number of nitrogens with zero attached hydrogens (tertiary/aromatic N) is 2. The molecule has 18 heavy (non-hydrogen) atoms. The maximum absolute atomic E-state index is 12.2. The molecule has 0 radical (unpaired) electrons. The molecule has 2 heterocycles. The molecule has 0 spiro atoms. The summed E-state index contributed by atoms with van der Waals surface area (Å²) in [5.41, 5.74) is 7.02. The lowest BCUT2D eigenvalue weighted by molar-refractivity contribution is 0.0663. The van der Waals surface area contributed by atoms with Crippen molar-refractivity contribution < 1.29 is 4.79 Å². The number of hydrogen-bond acceptors (Lipinski definition) is 3. The number of hydrogen-bond donors (Lipinski definition) is 2. The largest absolute Gasteiger partial charge is 0.337 e. The van der Waals surface area contributed by atoms with Crippen molar-refractivity contribution >= 4 is 18.3 Å². The summed E-state index contributed by atoms with van der Waals surface area (Å²) in [7, 11) is 0. The van der Waals surface area contributed by atoms with Crippen LogP contribution in [0.1, 0.15) is 35.4 Å². The fraction of sp³-hybridized carbons (Fsp3) is 0.667. The van der Waals surface area contributed by atoms with Crippen molar-refractivity contribution in [1.29, 1.82) is 0 Å². The number of aromatic amines is 1. The zero-order valence-corrected chi connectivity index (χ0v) is 11.5. The quantitative estimate of drug-likeness (QED) is 0.872. The van der Waals surface area contributed by atoms with E-state index >= 15 is 0 Å². The summed E-state index contributed by atoms with van der Waals surface area (Å²) in [6.07, 6.45) is 3.25. The van der Waals surface area contributed by atoms with Gasteiger partial charge in [-0.1, -0.05) is 0 Å². The summed E-state index contributed by atoms with van der Waals surface area (Å²) in [5.74, 6) is 0.591. The molecule has 1 aliphatic rings. The zero-order valence-electron chi connectivity index (χ0n) is 10.7. The number of amides is 1. The number of H-pyrrole nitrogens is 1. The molecule has 1 aromatic heterocycles. The van der Waals surface area contributed by atoms with Gasteiger partial charge in [-0.05, 0) is 44.7 Å². The molecular formula is C12H21ClN4O. The molecule has 102 valence electrons. The second-order valence-corrected chi connectivity index (χ2v) is 4.77. The maximum Gasteiger partial charge on any atom is 0.274 e. The normalized spacial score (nSPS) is 19.4. The van der Waals surface area contributed by atoms with E-state index in [1.807, 2.05) is 11.8 Å². The minimum Gasteiger partial charge on any atom is -0.337 e. The first-order chi connectivity index (χ1) is 8.20. The fourth-order valence-electron chi connectivity index (χ4n) is 2.41. The number of nitrogens with one attached hydrogen (secondary N) is 1. The van der Waals surface area contributed by atoms with E-state index in [2.05, 4.69) is 10.2 Å². The maximum atomic E-state index is 12.2. The molecule has 1 unspecified atom stereocenters. The molecule has 1 atom stereocenters. The van der Waals surface area contributed by atoms with Gasteiger partial charge in [0.1, 0.15) is 5.69 Å². The van der Waals surface area contributed by atoms with Crippen LogP contribution in [0.2, 0.25) is 0 Å². The van der Waals surface area contributed by atoms with E-state index < -0.39 is 0 Å². The van der Waals surface area contributed by atoms with Crippen LogP contribution in [0.5, 0.6) is 0 Å². The topological polar surface area (TPSA) is 75.0 Å². The van der Waals surface area contributed by atoms with E-state index in [0.717, 1.165) is 31.6 Å². The van der Waals surface area contributed by atoms with Crippen molar-refractivity contribution in [2.45, 2.75) is 26.2 Å². The summed E-state index contributed by atoms with van der Waals surface area (Å²) >= 11 is 0. The second-order valence-electron chi connectivity index (χ2n) is 4.77. The van der Waals surface area contributed by atoms with Gasteiger partial charge in [0.15, 0.2) is 0 Å². The minimum atomic E-state index is 0. The molecule has 5 nitrogen and oxygen atoms in total. The molecule has 3 N–H and O–H groups in total. The predicted octanol–water partition coefficient (Wildman–Crippen LogP) is 1.34. The third-order valence-corrected chi connectivity index (χ3v) is 3.31.